The zero-order chi connectivity index (χ0) is 22.6. The summed E-state index contributed by atoms with van der Waals surface area (Å²) in [7, 11) is -2.47. The second-order valence-corrected chi connectivity index (χ2v) is 10.6. The average molecular weight is 467 g/mol. The Morgan fingerprint density at radius 3 is 2.78 bits per heavy atom. The molecule has 0 radical (unpaired) electrons. The van der Waals surface area contributed by atoms with Crippen LogP contribution in [0.5, 0.6) is 0 Å². The molecule has 0 amide bonds. The molecule has 1 saturated heterocycles. The Labute approximate surface area is 184 Å². The fourth-order valence-corrected chi connectivity index (χ4v) is 6.44. The lowest BCUT2D eigenvalue weighted by Crippen LogP contribution is -2.60. The zero-order valence-corrected chi connectivity index (χ0v) is 18.3. The molecule has 2 fully saturated rings. The number of azo groups is 1. The Kier molecular flexibility index (Phi) is 5.02. The minimum absolute atomic E-state index is 0.189. The third kappa shape index (κ3) is 3.57. The quantitative estimate of drug-likeness (QED) is 0.673. The second kappa shape index (κ2) is 7.52. The third-order valence-electron chi connectivity index (χ3n) is 6.43. The van der Waals surface area contributed by atoms with Crippen LogP contribution in [0.3, 0.4) is 0 Å². The maximum Gasteiger partial charge on any atom is 0.282 e. The van der Waals surface area contributed by atoms with E-state index in [0.29, 0.717) is 13.1 Å². The number of anilines is 1. The topological polar surface area (TPSA) is 110 Å². The Morgan fingerprint density at radius 1 is 1.28 bits per heavy atom. The summed E-state index contributed by atoms with van der Waals surface area (Å²) in [6.45, 7) is 1.07. The standard InChI is InChI=1S/C19H24F2N8O2S/c1-27(11-18(10-15(20)21)5-7-25-26-18)32(30,31)29-9-8-28(12-19(29)3-4-19)17-14-2-6-22-16(14)23-13-24-17/h2,5-7,13,15H,3-4,8-12H2,1H3,(H,22,23,24). The summed E-state index contributed by atoms with van der Waals surface area (Å²) < 4.78 is 55.9. The molecule has 1 saturated carbocycles. The summed E-state index contributed by atoms with van der Waals surface area (Å²) in [5, 5.41) is 8.51. The molecule has 32 heavy (non-hydrogen) atoms. The Balaban J connectivity index is 1.36. The number of rotatable bonds is 7. The number of piperazine rings is 1. The van der Waals surface area contributed by atoms with Crippen molar-refractivity contribution >= 4 is 27.1 Å². The highest BCUT2D eigenvalue weighted by Crippen LogP contribution is 2.47. The number of hydrogen-bond acceptors (Lipinski definition) is 7. The number of aromatic nitrogens is 3. The molecule has 0 bridgehead atoms. The van der Waals surface area contributed by atoms with E-state index >= 15 is 0 Å². The van der Waals surface area contributed by atoms with Crippen molar-refractivity contribution < 1.29 is 17.2 Å². The molecule has 1 spiro atoms. The first-order valence-corrected chi connectivity index (χ1v) is 11.8. The Morgan fingerprint density at radius 2 is 2.09 bits per heavy atom. The van der Waals surface area contributed by atoms with Crippen LogP contribution in [0.15, 0.2) is 41.1 Å². The van der Waals surface area contributed by atoms with Crippen LogP contribution in [-0.4, -0.2) is 82.7 Å². The van der Waals surface area contributed by atoms with Crippen LogP contribution >= 0.6 is 0 Å². The number of aromatic amines is 1. The van der Waals surface area contributed by atoms with Gasteiger partial charge in [-0.15, -0.1) is 0 Å². The van der Waals surface area contributed by atoms with Gasteiger partial charge in [0.15, 0.2) is 0 Å². The normalized spacial score (nSPS) is 25.1. The van der Waals surface area contributed by atoms with Gasteiger partial charge in [-0.25, -0.2) is 18.7 Å². The van der Waals surface area contributed by atoms with E-state index in [2.05, 4.69) is 30.1 Å². The van der Waals surface area contributed by atoms with Crippen LogP contribution in [0.2, 0.25) is 0 Å². The van der Waals surface area contributed by atoms with Crippen LogP contribution < -0.4 is 4.90 Å². The molecule has 172 valence electrons. The second-order valence-electron chi connectivity index (χ2n) is 8.65. The van der Waals surface area contributed by atoms with Crippen molar-refractivity contribution in [2.24, 2.45) is 10.2 Å². The summed E-state index contributed by atoms with van der Waals surface area (Å²) in [5.41, 5.74) is -1.13. The number of fused-ring (bicyclic) bond motifs is 1. The summed E-state index contributed by atoms with van der Waals surface area (Å²) in [6.07, 6.45) is 4.36. The monoisotopic (exact) mass is 466 g/mol. The number of nitrogens with one attached hydrogen (secondary N) is 1. The molecule has 1 N–H and O–H groups in total. The minimum Gasteiger partial charge on any atom is -0.353 e. The number of hydrogen-bond donors (Lipinski definition) is 1. The Bertz CT molecular complexity index is 1160. The molecule has 0 aromatic carbocycles. The lowest BCUT2D eigenvalue weighted by molar-refractivity contribution is 0.110. The number of H-pyrrole nitrogens is 1. The lowest BCUT2D eigenvalue weighted by Gasteiger charge is -2.43. The number of nitrogens with zero attached hydrogens (tertiary/aromatic N) is 7. The zero-order valence-electron chi connectivity index (χ0n) is 17.5. The van der Waals surface area contributed by atoms with Gasteiger partial charge in [0, 0.05) is 52.0 Å². The van der Waals surface area contributed by atoms with Crippen LogP contribution in [-0.2, 0) is 10.2 Å². The van der Waals surface area contributed by atoms with E-state index in [0.717, 1.165) is 34.0 Å². The first-order valence-electron chi connectivity index (χ1n) is 10.4. The van der Waals surface area contributed by atoms with Gasteiger partial charge in [-0.1, -0.05) is 0 Å². The van der Waals surface area contributed by atoms with Gasteiger partial charge in [0.1, 0.15) is 23.3 Å². The lowest BCUT2D eigenvalue weighted by atomic mass is 9.97. The fourth-order valence-electron chi connectivity index (χ4n) is 4.68. The van der Waals surface area contributed by atoms with Crippen molar-refractivity contribution in [2.75, 3.05) is 38.1 Å². The summed E-state index contributed by atoms with van der Waals surface area (Å²) >= 11 is 0. The number of halogens is 2. The number of likely N-dealkylation sites (N-methyl/N-ethyl adjacent to an activating group) is 1. The maximum absolute atomic E-state index is 13.5. The molecule has 1 atom stereocenters. The molecule has 2 aromatic rings. The predicted molar refractivity (Wildman–Crippen MR) is 114 cm³/mol. The number of alkyl halides is 2. The van der Waals surface area contributed by atoms with Crippen molar-refractivity contribution in [1.82, 2.24) is 23.6 Å². The van der Waals surface area contributed by atoms with Crippen molar-refractivity contribution in [2.45, 2.75) is 36.8 Å². The predicted octanol–water partition coefficient (Wildman–Crippen LogP) is 2.16. The first-order chi connectivity index (χ1) is 15.2. The van der Waals surface area contributed by atoms with Crippen molar-refractivity contribution in [3.63, 3.8) is 0 Å². The smallest absolute Gasteiger partial charge is 0.282 e. The molecule has 2 aromatic heterocycles. The maximum atomic E-state index is 13.5. The molecule has 4 heterocycles. The van der Waals surface area contributed by atoms with Gasteiger partial charge in [-0.2, -0.15) is 27.3 Å². The van der Waals surface area contributed by atoms with Crippen molar-refractivity contribution in [1.29, 1.82) is 0 Å². The van der Waals surface area contributed by atoms with E-state index in [1.807, 2.05) is 6.07 Å². The van der Waals surface area contributed by atoms with Gasteiger partial charge in [0.2, 0.25) is 6.43 Å². The Hall–Kier alpha value is -2.51. The summed E-state index contributed by atoms with van der Waals surface area (Å²) in [5.74, 6) is 0.778. The molecule has 5 rings (SSSR count). The first kappa shape index (κ1) is 21.3. The van der Waals surface area contributed by atoms with Gasteiger partial charge in [0.25, 0.3) is 10.2 Å². The average Bonchev–Trinajstić information content (AvgIpc) is 3.14. The minimum atomic E-state index is -3.89. The molecule has 1 aliphatic carbocycles. The van der Waals surface area contributed by atoms with E-state index in [4.69, 9.17) is 0 Å². The van der Waals surface area contributed by atoms with Gasteiger partial charge in [-0.3, -0.25) is 0 Å². The van der Waals surface area contributed by atoms with E-state index in [1.165, 1.54) is 30.0 Å². The third-order valence-corrected chi connectivity index (χ3v) is 8.48. The van der Waals surface area contributed by atoms with Crippen LogP contribution in [0.25, 0.3) is 11.0 Å². The largest absolute Gasteiger partial charge is 0.353 e. The molecular weight excluding hydrogens is 442 g/mol. The van der Waals surface area contributed by atoms with E-state index in [-0.39, 0.29) is 13.1 Å². The summed E-state index contributed by atoms with van der Waals surface area (Å²) in [4.78, 5) is 13.8. The molecule has 1 unspecified atom stereocenters. The van der Waals surface area contributed by atoms with Gasteiger partial charge >= 0.3 is 0 Å². The van der Waals surface area contributed by atoms with E-state index in [1.54, 1.807) is 6.20 Å². The fraction of sp³-hybridized carbons (Fsp3) is 0.579. The van der Waals surface area contributed by atoms with E-state index in [9.17, 15) is 17.2 Å². The van der Waals surface area contributed by atoms with Crippen LogP contribution in [0, 0.1) is 0 Å². The van der Waals surface area contributed by atoms with E-state index < -0.39 is 34.1 Å². The highest BCUT2D eigenvalue weighted by molar-refractivity contribution is 7.86. The highest BCUT2D eigenvalue weighted by Gasteiger charge is 2.57. The summed E-state index contributed by atoms with van der Waals surface area (Å²) in [6, 6.07) is 1.91. The molecular formula is C19H24F2N8O2S. The highest BCUT2D eigenvalue weighted by atomic mass is 32.2. The van der Waals surface area contributed by atoms with Crippen LogP contribution in [0.1, 0.15) is 19.3 Å². The van der Waals surface area contributed by atoms with Gasteiger partial charge < -0.3 is 9.88 Å². The molecule has 3 aliphatic rings. The van der Waals surface area contributed by atoms with Gasteiger partial charge in [-0.05, 0) is 25.0 Å². The molecule has 2 aliphatic heterocycles. The SMILES string of the molecule is CN(CC1(CC(F)F)C=CN=N1)S(=O)(=O)N1CCN(c2ncnc3[nH]ccc23)CC12CC2. The molecule has 10 nitrogen and oxygen atoms in total. The van der Waals surface area contributed by atoms with Crippen molar-refractivity contribution in [3.05, 3.63) is 30.9 Å². The molecule has 13 heteroatoms. The van der Waals surface area contributed by atoms with Crippen LogP contribution in [0.4, 0.5) is 14.6 Å². The van der Waals surface area contributed by atoms with Crippen molar-refractivity contribution in [3.8, 4) is 0 Å². The van der Waals surface area contributed by atoms with Gasteiger partial charge in [0.05, 0.1) is 10.9 Å².